The normalized spacial score (nSPS) is 11.8. The minimum absolute atomic E-state index is 0.256. The standard InChI is InChI=1S/C17H19N3O6S/c1-11-5-7-14(10-16(11)20(21)22)27(23,24)19-18-12(2)15-9-13(25-3)6-8-17(15)26-4/h5-10,19H,1-4H3/b18-12-. The van der Waals surface area contributed by atoms with Gasteiger partial charge in [0.15, 0.2) is 0 Å². The molecule has 0 heterocycles. The van der Waals surface area contributed by atoms with E-state index >= 15 is 0 Å². The Morgan fingerprint density at radius 3 is 2.44 bits per heavy atom. The van der Waals surface area contributed by atoms with E-state index in [4.69, 9.17) is 9.47 Å². The van der Waals surface area contributed by atoms with Crippen molar-refractivity contribution >= 4 is 21.4 Å². The summed E-state index contributed by atoms with van der Waals surface area (Å²) in [5.41, 5.74) is 0.943. The Bertz CT molecular complexity index is 1000. The Morgan fingerprint density at radius 1 is 1.15 bits per heavy atom. The van der Waals surface area contributed by atoms with Crippen molar-refractivity contribution in [3.05, 3.63) is 57.6 Å². The summed E-state index contributed by atoms with van der Waals surface area (Å²) in [6, 6.07) is 8.67. The first-order chi connectivity index (χ1) is 12.7. The third-order valence-electron chi connectivity index (χ3n) is 3.82. The maximum absolute atomic E-state index is 12.4. The number of methoxy groups -OCH3 is 2. The van der Waals surface area contributed by atoms with Gasteiger partial charge in [0.2, 0.25) is 0 Å². The molecule has 0 atom stereocenters. The van der Waals surface area contributed by atoms with Crippen LogP contribution in [-0.2, 0) is 10.0 Å². The first kappa shape index (κ1) is 20.2. The SMILES string of the molecule is COc1ccc(OC)c(/C(C)=N\NS(=O)(=O)c2ccc(C)c([N+](=O)[O-])c2)c1. The monoisotopic (exact) mass is 393 g/mol. The van der Waals surface area contributed by atoms with Crippen LogP contribution in [-0.4, -0.2) is 33.3 Å². The zero-order valence-corrected chi connectivity index (χ0v) is 16.0. The lowest BCUT2D eigenvalue weighted by molar-refractivity contribution is -0.385. The highest BCUT2D eigenvalue weighted by Gasteiger charge is 2.19. The van der Waals surface area contributed by atoms with Gasteiger partial charge in [0.25, 0.3) is 15.7 Å². The van der Waals surface area contributed by atoms with Crippen molar-refractivity contribution in [3.8, 4) is 11.5 Å². The van der Waals surface area contributed by atoms with E-state index in [1.165, 1.54) is 33.3 Å². The van der Waals surface area contributed by atoms with Crippen molar-refractivity contribution in [2.75, 3.05) is 14.2 Å². The third kappa shape index (κ3) is 4.53. The molecule has 0 saturated carbocycles. The van der Waals surface area contributed by atoms with Crippen molar-refractivity contribution in [2.45, 2.75) is 18.7 Å². The molecule has 0 amide bonds. The summed E-state index contributed by atoms with van der Waals surface area (Å²) in [5, 5.41) is 14.9. The predicted octanol–water partition coefficient (Wildman–Crippen LogP) is 2.62. The molecule has 2 rings (SSSR count). The summed E-state index contributed by atoms with van der Waals surface area (Å²) < 4.78 is 35.3. The zero-order valence-electron chi connectivity index (χ0n) is 15.2. The number of nitrogens with zero attached hydrogens (tertiary/aromatic N) is 2. The predicted molar refractivity (Wildman–Crippen MR) is 99.9 cm³/mol. The topological polar surface area (TPSA) is 120 Å². The van der Waals surface area contributed by atoms with Gasteiger partial charge in [-0.2, -0.15) is 18.4 Å². The lowest BCUT2D eigenvalue weighted by atomic mass is 10.1. The number of hydrogen-bond acceptors (Lipinski definition) is 7. The van der Waals surface area contributed by atoms with Crippen LogP contribution in [0, 0.1) is 17.0 Å². The van der Waals surface area contributed by atoms with Gasteiger partial charge in [-0.3, -0.25) is 10.1 Å². The van der Waals surface area contributed by atoms with Gasteiger partial charge in [-0.15, -0.1) is 0 Å². The largest absolute Gasteiger partial charge is 0.497 e. The molecule has 0 aromatic heterocycles. The van der Waals surface area contributed by atoms with Crippen molar-refractivity contribution in [1.29, 1.82) is 0 Å². The average molecular weight is 393 g/mol. The molecule has 10 heteroatoms. The second kappa shape index (κ2) is 8.04. The van der Waals surface area contributed by atoms with Gasteiger partial charge in [0, 0.05) is 17.2 Å². The summed E-state index contributed by atoms with van der Waals surface area (Å²) in [7, 11) is -1.10. The number of nitro benzene ring substituents is 1. The molecular weight excluding hydrogens is 374 g/mol. The van der Waals surface area contributed by atoms with Crippen LogP contribution in [0.2, 0.25) is 0 Å². The summed E-state index contributed by atoms with van der Waals surface area (Å²) in [4.78, 5) is 12.2. The molecule has 2 aromatic rings. The molecule has 2 aromatic carbocycles. The quantitative estimate of drug-likeness (QED) is 0.439. The van der Waals surface area contributed by atoms with Crippen LogP contribution in [0.25, 0.3) is 0 Å². The Labute approximate surface area is 156 Å². The molecular formula is C17H19N3O6S. The fraction of sp³-hybridized carbons (Fsp3) is 0.235. The maximum Gasteiger partial charge on any atom is 0.276 e. The van der Waals surface area contributed by atoms with Gasteiger partial charge in [-0.25, -0.2) is 0 Å². The zero-order chi connectivity index (χ0) is 20.2. The fourth-order valence-corrected chi connectivity index (χ4v) is 3.17. The van der Waals surface area contributed by atoms with E-state index in [1.807, 2.05) is 0 Å². The van der Waals surface area contributed by atoms with Crippen LogP contribution in [0.4, 0.5) is 5.69 Å². The smallest absolute Gasteiger partial charge is 0.276 e. The molecule has 144 valence electrons. The highest BCUT2D eigenvalue weighted by atomic mass is 32.2. The van der Waals surface area contributed by atoms with Crippen LogP contribution in [0.15, 0.2) is 46.4 Å². The number of sulfonamides is 1. The number of rotatable bonds is 7. The minimum atomic E-state index is -4.09. The van der Waals surface area contributed by atoms with E-state index in [-0.39, 0.29) is 10.6 Å². The van der Waals surface area contributed by atoms with E-state index < -0.39 is 14.9 Å². The summed E-state index contributed by atoms with van der Waals surface area (Å²) in [6.45, 7) is 3.12. The number of hydrazone groups is 1. The molecule has 0 spiro atoms. The van der Waals surface area contributed by atoms with Gasteiger partial charge in [0.1, 0.15) is 11.5 Å². The van der Waals surface area contributed by atoms with Gasteiger partial charge < -0.3 is 9.47 Å². The molecule has 0 aliphatic heterocycles. The molecule has 0 saturated heterocycles. The molecule has 1 N–H and O–H groups in total. The highest BCUT2D eigenvalue weighted by Crippen LogP contribution is 2.25. The van der Waals surface area contributed by atoms with Crippen molar-refractivity contribution in [2.24, 2.45) is 5.10 Å². The number of hydrogen-bond donors (Lipinski definition) is 1. The first-order valence-electron chi connectivity index (χ1n) is 7.73. The van der Waals surface area contributed by atoms with Crippen LogP contribution >= 0.6 is 0 Å². The van der Waals surface area contributed by atoms with Gasteiger partial charge in [0.05, 0.1) is 29.8 Å². The summed E-state index contributed by atoms with van der Waals surface area (Å²) in [5.74, 6) is 1.04. The minimum Gasteiger partial charge on any atom is -0.497 e. The number of ether oxygens (including phenoxy) is 2. The number of nitro groups is 1. The van der Waals surface area contributed by atoms with E-state index in [9.17, 15) is 18.5 Å². The second-order valence-corrected chi connectivity index (χ2v) is 7.22. The molecule has 0 fully saturated rings. The van der Waals surface area contributed by atoms with Crippen LogP contribution < -0.4 is 14.3 Å². The van der Waals surface area contributed by atoms with Crippen LogP contribution in [0.1, 0.15) is 18.1 Å². The Hall–Kier alpha value is -3.14. The number of benzene rings is 2. The molecule has 0 unspecified atom stereocenters. The summed E-state index contributed by atoms with van der Waals surface area (Å²) in [6.07, 6.45) is 0. The average Bonchev–Trinajstić information content (AvgIpc) is 2.65. The molecule has 27 heavy (non-hydrogen) atoms. The Balaban J connectivity index is 2.36. The Kier molecular flexibility index (Phi) is 6.01. The van der Waals surface area contributed by atoms with E-state index in [2.05, 4.69) is 9.93 Å². The molecule has 0 bridgehead atoms. The van der Waals surface area contributed by atoms with Crippen molar-refractivity contribution < 1.29 is 22.8 Å². The maximum atomic E-state index is 12.4. The molecule has 0 aliphatic rings. The lowest BCUT2D eigenvalue weighted by Gasteiger charge is -2.11. The number of aryl methyl sites for hydroxylation is 1. The van der Waals surface area contributed by atoms with E-state index in [0.29, 0.717) is 28.3 Å². The molecule has 0 aliphatic carbocycles. The van der Waals surface area contributed by atoms with Crippen LogP contribution in [0.3, 0.4) is 0 Å². The third-order valence-corrected chi connectivity index (χ3v) is 5.02. The lowest BCUT2D eigenvalue weighted by Crippen LogP contribution is -2.20. The highest BCUT2D eigenvalue weighted by molar-refractivity contribution is 7.89. The number of nitrogens with one attached hydrogen (secondary N) is 1. The van der Waals surface area contributed by atoms with Gasteiger partial charge in [-0.05, 0) is 38.1 Å². The molecule has 0 radical (unpaired) electrons. The van der Waals surface area contributed by atoms with Crippen molar-refractivity contribution in [3.63, 3.8) is 0 Å². The molecule has 9 nitrogen and oxygen atoms in total. The first-order valence-corrected chi connectivity index (χ1v) is 9.21. The Morgan fingerprint density at radius 2 is 1.85 bits per heavy atom. The van der Waals surface area contributed by atoms with Gasteiger partial charge >= 0.3 is 0 Å². The van der Waals surface area contributed by atoms with E-state index in [0.717, 1.165) is 6.07 Å². The van der Waals surface area contributed by atoms with E-state index in [1.54, 1.807) is 25.1 Å². The van der Waals surface area contributed by atoms with Crippen LogP contribution in [0.5, 0.6) is 11.5 Å². The second-order valence-electron chi connectivity index (χ2n) is 5.56. The fourth-order valence-electron chi connectivity index (χ4n) is 2.29. The van der Waals surface area contributed by atoms with Gasteiger partial charge in [-0.1, -0.05) is 6.07 Å². The van der Waals surface area contributed by atoms with Crippen molar-refractivity contribution in [1.82, 2.24) is 4.83 Å². The summed E-state index contributed by atoms with van der Waals surface area (Å²) >= 11 is 0.